The summed E-state index contributed by atoms with van der Waals surface area (Å²) in [6.45, 7) is 0. The van der Waals surface area contributed by atoms with Crippen molar-refractivity contribution in [3.05, 3.63) is 34.9 Å². The Hall–Kier alpha value is -0.470. The fourth-order valence-electron chi connectivity index (χ4n) is 1.77. The molecule has 1 unspecified atom stereocenters. The van der Waals surface area contributed by atoms with Gasteiger partial charge in [0.2, 0.25) is 0 Å². The van der Waals surface area contributed by atoms with E-state index in [2.05, 4.69) is 0 Å². The van der Waals surface area contributed by atoms with Crippen LogP contribution in [0.3, 0.4) is 0 Å². The van der Waals surface area contributed by atoms with Crippen LogP contribution in [0.1, 0.15) is 24.8 Å². The Bertz CT molecular complexity index is 364. The van der Waals surface area contributed by atoms with E-state index in [0.29, 0.717) is 5.78 Å². The van der Waals surface area contributed by atoms with Crippen LogP contribution in [0.25, 0.3) is 0 Å². The van der Waals surface area contributed by atoms with Crippen molar-refractivity contribution >= 4 is 29.1 Å². The van der Waals surface area contributed by atoms with Crippen LogP contribution in [-0.4, -0.2) is 11.0 Å². The molecule has 1 aromatic carbocycles. The number of benzene rings is 1. The molecule has 0 radical (unpaired) electrons. The van der Waals surface area contributed by atoms with Gasteiger partial charge in [-0.3, -0.25) is 4.79 Å². The van der Waals surface area contributed by atoms with Gasteiger partial charge in [-0.2, -0.15) is 0 Å². The van der Waals surface area contributed by atoms with Gasteiger partial charge in [0.25, 0.3) is 0 Å². The molecule has 1 fully saturated rings. The highest BCUT2D eigenvalue weighted by Gasteiger charge is 2.24. The number of hydrogen-bond donors (Lipinski definition) is 0. The van der Waals surface area contributed by atoms with E-state index in [0.717, 1.165) is 35.6 Å². The summed E-state index contributed by atoms with van der Waals surface area (Å²) >= 11 is 7.77. The number of hydrogen-bond acceptors (Lipinski definition) is 2. The number of thioether (sulfide) groups is 1. The molecule has 0 aliphatic heterocycles. The second kappa shape index (κ2) is 5.04. The third-order valence-corrected chi connectivity index (χ3v) is 4.39. The highest BCUT2D eigenvalue weighted by Crippen LogP contribution is 2.30. The normalized spacial score (nSPS) is 20.9. The van der Waals surface area contributed by atoms with Crippen LogP contribution in [0.15, 0.2) is 24.3 Å². The summed E-state index contributed by atoms with van der Waals surface area (Å²) in [7, 11) is 0. The van der Waals surface area contributed by atoms with E-state index in [1.807, 2.05) is 24.3 Å². The van der Waals surface area contributed by atoms with Crippen molar-refractivity contribution in [3.8, 4) is 0 Å². The van der Waals surface area contributed by atoms with E-state index < -0.39 is 0 Å². The van der Waals surface area contributed by atoms with E-state index in [1.54, 1.807) is 11.8 Å². The number of halogens is 1. The molecule has 1 nitrogen and oxygen atoms in total. The zero-order chi connectivity index (χ0) is 10.7. The molecule has 0 heterocycles. The van der Waals surface area contributed by atoms with E-state index in [9.17, 15) is 4.79 Å². The van der Waals surface area contributed by atoms with Gasteiger partial charge in [-0.25, -0.2) is 0 Å². The van der Waals surface area contributed by atoms with Crippen LogP contribution in [0.2, 0.25) is 5.02 Å². The molecular weight excluding hydrogens is 228 g/mol. The molecule has 0 bridgehead atoms. The molecule has 2 rings (SSSR count). The van der Waals surface area contributed by atoms with Crippen molar-refractivity contribution < 1.29 is 4.79 Å². The minimum Gasteiger partial charge on any atom is -0.298 e. The highest BCUT2D eigenvalue weighted by molar-refractivity contribution is 7.99. The zero-order valence-corrected chi connectivity index (χ0v) is 9.98. The number of carbonyl (C=O) groups is 1. The van der Waals surface area contributed by atoms with E-state index in [1.165, 1.54) is 0 Å². The molecule has 3 heteroatoms. The van der Waals surface area contributed by atoms with Crippen molar-refractivity contribution in [2.45, 2.75) is 30.3 Å². The third kappa shape index (κ3) is 2.76. The highest BCUT2D eigenvalue weighted by atomic mass is 35.5. The summed E-state index contributed by atoms with van der Waals surface area (Å²) in [6, 6.07) is 7.83. The van der Waals surface area contributed by atoms with Crippen molar-refractivity contribution in [3.63, 3.8) is 0 Å². The van der Waals surface area contributed by atoms with Crippen molar-refractivity contribution in [2.75, 3.05) is 0 Å². The molecule has 15 heavy (non-hydrogen) atoms. The Labute approximate surface area is 99.2 Å². The molecule has 80 valence electrons. The molecule has 1 aliphatic carbocycles. The van der Waals surface area contributed by atoms with Gasteiger partial charge >= 0.3 is 0 Å². The first-order valence-electron chi connectivity index (χ1n) is 5.15. The predicted molar refractivity (Wildman–Crippen MR) is 65.4 cm³/mol. The molecule has 0 spiro atoms. The van der Waals surface area contributed by atoms with Crippen LogP contribution in [-0.2, 0) is 10.5 Å². The van der Waals surface area contributed by atoms with Crippen molar-refractivity contribution in [1.82, 2.24) is 0 Å². The Morgan fingerprint density at radius 3 is 2.87 bits per heavy atom. The summed E-state index contributed by atoms with van der Waals surface area (Å²) in [5.74, 6) is 1.25. The third-order valence-electron chi connectivity index (χ3n) is 2.65. The van der Waals surface area contributed by atoms with E-state index >= 15 is 0 Å². The average Bonchev–Trinajstić information content (AvgIpc) is 2.63. The summed E-state index contributed by atoms with van der Waals surface area (Å²) in [6.07, 6.45) is 2.85. The Morgan fingerprint density at radius 1 is 1.40 bits per heavy atom. The molecule has 0 aromatic heterocycles. The molecule has 0 saturated heterocycles. The minimum absolute atomic E-state index is 0.210. The van der Waals surface area contributed by atoms with Crippen LogP contribution in [0.4, 0.5) is 0 Å². The van der Waals surface area contributed by atoms with Gasteiger partial charge in [-0.05, 0) is 24.5 Å². The van der Waals surface area contributed by atoms with Crippen LogP contribution in [0.5, 0.6) is 0 Å². The molecular formula is C12H13ClOS. The fraction of sp³-hybridized carbons (Fsp3) is 0.417. The minimum atomic E-state index is 0.210. The van der Waals surface area contributed by atoms with Gasteiger partial charge in [-0.15, -0.1) is 11.8 Å². The first-order valence-corrected chi connectivity index (χ1v) is 6.58. The SMILES string of the molecule is O=C1CCCC1SCc1ccccc1Cl. The number of ketones is 1. The first-order chi connectivity index (χ1) is 7.27. The summed E-state index contributed by atoms with van der Waals surface area (Å²) in [5, 5.41) is 1.01. The fourth-order valence-corrected chi connectivity index (χ4v) is 3.32. The first kappa shape index (κ1) is 11.0. The lowest BCUT2D eigenvalue weighted by Gasteiger charge is -2.08. The molecule has 1 saturated carbocycles. The second-order valence-corrected chi connectivity index (χ2v) is 5.35. The number of Topliss-reactive ketones (excluding diaryl/α,β-unsaturated/α-hetero) is 1. The quantitative estimate of drug-likeness (QED) is 0.802. The van der Waals surface area contributed by atoms with Crippen LogP contribution < -0.4 is 0 Å². The van der Waals surface area contributed by atoms with Crippen LogP contribution >= 0.6 is 23.4 Å². The summed E-state index contributed by atoms with van der Waals surface area (Å²) in [4.78, 5) is 11.4. The monoisotopic (exact) mass is 240 g/mol. The molecule has 0 N–H and O–H groups in total. The zero-order valence-electron chi connectivity index (χ0n) is 8.41. The summed E-state index contributed by atoms with van der Waals surface area (Å²) in [5.41, 5.74) is 1.13. The molecule has 1 atom stereocenters. The lowest BCUT2D eigenvalue weighted by Crippen LogP contribution is -2.08. The maximum absolute atomic E-state index is 11.4. The maximum Gasteiger partial charge on any atom is 0.145 e. The average molecular weight is 241 g/mol. The van der Waals surface area contributed by atoms with Gasteiger partial charge in [0.15, 0.2) is 0 Å². The Balaban J connectivity index is 1.93. The largest absolute Gasteiger partial charge is 0.298 e. The number of carbonyl (C=O) groups excluding carboxylic acids is 1. The predicted octanol–water partition coefficient (Wildman–Crippen LogP) is 3.69. The summed E-state index contributed by atoms with van der Waals surface area (Å²) < 4.78 is 0. The molecule has 1 aliphatic rings. The number of rotatable bonds is 3. The van der Waals surface area contributed by atoms with Crippen molar-refractivity contribution in [1.29, 1.82) is 0 Å². The maximum atomic E-state index is 11.4. The van der Waals surface area contributed by atoms with E-state index in [4.69, 9.17) is 11.6 Å². The lowest BCUT2D eigenvalue weighted by molar-refractivity contribution is -0.116. The molecule has 1 aromatic rings. The standard InChI is InChI=1S/C12H13ClOS/c13-10-5-2-1-4-9(10)8-15-12-7-3-6-11(12)14/h1-2,4-5,12H,3,6-8H2. The van der Waals surface area contributed by atoms with Crippen LogP contribution in [0, 0.1) is 0 Å². The van der Waals surface area contributed by atoms with Gasteiger partial charge in [0.1, 0.15) is 5.78 Å². The van der Waals surface area contributed by atoms with Gasteiger partial charge in [0.05, 0.1) is 5.25 Å². The Kier molecular flexibility index (Phi) is 3.71. The van der Waals surface area contributed by atoms with Crippen molar-refractivity contribution in [2.24, 2.45) is 0 Å². The second-order valence-electron chi connectivity index (χ2n) is 3.75. The van der Waals surface area contributed by atoms with Gasteiger partial charge < -0.3 is 0 Å². The van der Waals surface area contributed by atoms with Gasteiger partial charge in [0, 0.05) is 17.2 Å². The van der Waals surface area contributed by atoms with E-state index in [-0.39, 0.29) is 5.25 Å². The topological polar surface area (TPSA) is 17.1 Å². The van der Waals surface area contributed by atoms with Gasteiger partial charge in [-0.1, -0.05) is 29.8 Å². The lowest BCUT2D eigenvalue weighted by atomic mass is 10.2. The smallest absolute Gasteiger partial charge is 0.145 e. The Morgan fingerprint density at radius 2 is 2.20 bits per heavy atom. The molecule has 0 amide bonds.